The molecule has 0 bridgehead atoms. The zero-order valence-electron chi connectivity index (χ0n) is 10.6. The molecule has 1 saturated carbocycles. The minimum atomic E-state index is 0.232. The van der Waals surface area contributed by atoms with Crippen LogP contribution in [0.5, 0.6) is 0 Å². The molecule has 0 radical (unpaired) electrons. The molecule has 0 spiro atoms. The Bertz CT molecular complexity index is 342. The van der Waals surface area contributed by atoms with E-state index in [1.807, 2.05) is 0 Å². The Morgan fingerprint density at radius 3 is 2.69 bits per heavy atom. The molecule has 2 nitrogen and oxygen atoms in total. The smallest absolute Gasteiger partial charge is 0.107 e. The lowest BCUT2D eigenvalue weighted by Crippen LogP contribution is -2.24. The lowest BCUT2D eigenvalue weighted by molar-refractivity contribution is 0.420. The van der Waals surface area contributed by atoms with E-state index in [-0.39, 0.29) is 6.04 Å². The largest absolute Gasteiger partial charge is 0.466 e. The van der Waals surface area contributed by atoms with Crippen LogP contribution in [-0.4, -0.2) is 6.04 Å². The molecule has 90 valence electrons. The monoisotopic (exact) mass is 221 g/mol. The molecule has 3 unspecified atom stereocenters. The van der Waals surface area contributed by atoms with E-state index in [9.17, 15) is 0 Å². The molecule has 0 amide bonds. The van der Waals surface area contributed by atoms with E-state index in [2.05, 4.69) is 32.9 Å². The Kier molecular flexibility index (Phi) is 3.38. The first-order valence-corrected chi connectivity index (χ1v) is 6.40. The fourth-order valence-corrected chi connectivity index (χ4v) is 2.37. The van der Waals surface area contributed by atoms with Crippen molar-refractivity contribution in [2.75, 3.05) is 0 Å². The van der Waals surface area contributed by atoms with Gasteiger partial charge in [0.1, 0.15) is 11.5 Å². The number of furan rings is 1. The van der Waals surface area contributed by atoms with Gasteiger partial charge in [-0.15, -0.1) is 0 Å². The van der Waals surface area contributed by atoms with Crippen LogP contribution < -0.4 is 5.73 Å². The van der Waals surface area contributed by atoms with Crippen LogP contribution in [0.15, 0.2) is 16.5 Å². The molecule has 1 heterocycles. The Labute approximate surface area is 98.2 Å². The lowest BCUT2D eigenvalue weighted by atomic mass is 10.0. The molecule has 2 rings (SSSR count). The third-order valence-electron chi connectivity index (χ3n) is 3.39. The van der Waals surface area contributed by atoms with Gasteiger partial charge in [0.05, 0.1) is 0 Å². The number of rotatable bonds is 5. The molecule has 2 N–H and O–H groups in total. The molecule has 1 aliphatic carbocycles. The van der Waals surface area contributed by atoms with Crippen molar-refractivity contribution in [2.24, 2.45) is 17.6 Å². The molecule has 1 aromatic heterocycles. The second-order valence-corrected chi connectivity index (χ2v) is 5.72. The van der Waals surface area contributed by atoms with Crippen molar-refractivity contribution >= 4 is 0 Å². The van der Waals surface area contributed by atoms with Gasteiger partial charge in [-0.05, 0) is 36.8 Å². The van der Waals surface area contributed by atoms with Gasteiger partial charge in [-0.25, -0.2) is 0 Å². The first kappa shape index (κ1) is 11.7. The van der Waals surface area contributed by atoms with Crippen LogP contribution in [0.25, 0.3) is 0 Å². The molecular weight excluding hydrogens is 198 g/mol. The summed E-state index contributed by atoms with van der Waals surface area (Å²) < 4.78 is 5.85. The van der Waals surface area contributed by atoms with Gasteiger partial charge in [0.25, 0.3) is 0 Å². The van der Waals surface area contributed by atoms with E-state index in [0.717, 1.165) is 24.5 Å². The Hall–Kier alpha value is -0.760. The van der Waals surface area contributed by atoms with Gasteiger partial charge in [0, 0.05) is 18.4 Å². The van der Waals surface area contributed by atoms with E-state index in [1.54, 1.807) is 0 Å². The molecule has 1 aromatic rings. The molecule has 16 heavy (non-hydrogen) atoms. The average Bonchev–Trinajstić information content (AvgIpc) is 2.73. The standard InChI is InChI=1S/C14H23NO/c1-9(2)6-11(15)8-12-4-5-14(16-12)13-7-10(13)3/h4-5,9-11,13H,6-8,15H2,1-3H3. The van der Waals surface area contributed by atoms with Gasteiger partial charge in [0.2, 0.25) is 0 Å². The zero-order valence-corrected chi connectivity index (χ0v) is 10.6. The normalized spacial score (nSPS) is 26.1. The minimum absolute atomic E-state index is 0.232. The Morgan fingerprint density at radius 1 is 1.44 bits per heavy atom. The van der Waals surface area contributed by atoms with Crippen LogP contribution >= 0.6 is 0 Å². The summed E-state index contributed by atoms with van der Waals surface area (Å²) in [6, 6.07) is 4.46. The van der Waals surface area contributed by atoms with Gasteiger partial charge in [-0.1, -0.05) is 20.8 Å². The first-order valence-electron chi connectivity index (χ1n) is 6.40. The maximum absolute atomic E-state index is 6.07. The van der Waals surface area contributed by atoms with E-state index in [1.165, 1.54) is 12.2 Å². The zero-order chi connectivity index (χ0) is 11.7. The second-order valence-electron chi connectivity index (χ2n) is 5.72. The average molecular weight is 221 g/mol. The van der Waals surface area contributed by atoms with Crippen LogP contribution in [-0.2, 0) is 6.42 Å². The molecule has 0 aromatic carbocycles. The maximum atomic E-state index is 6.07. The van der Waals surface area contributed by atoms with Crippen LogP contribution in [0.2, 0.25) is 0 Å². The summed E-state index contributed by atoms with van der Waals surface area (Å²) in [4.78, 5) is 0. The fraction of sp³-hybridized carbons (Fsp3) is 0.714. The quantitative estimate of drug-likeness (QED) is 0.828. The summed E-state index contributed by atoms with van der Waals surface area (Å²) in [5.41, 5.74) is 6.07. The van der Waals surface area contributed by atoms with E-state index in [0.29, 0.717) is 11.8 Å². The van der Waals surface area contributed by atoms with Crippen LogP contribution in [0, 0.1) is 11.8 Å². The van der Waals surface area contributed by atoms with Crippen molar-refractivity contribution < 1.29 is 4.42 Å². The van der Waals surface area contributed by atoms with Crippen LogP contribution in [0.4, 0.5) is 0 Å². The summed E-state index contributed by atoms with van der Waals surface area (Å²) in [5.74, 6) is 4.37. The third-order valence-corrected chi connectivity index (χ3v) is 3.39. The summed E-state index contributed by atoms with van der Waals surface area (Å²) in [5, 5.41) is 0. The van der Waals surface area contributed by atoms with Crippen LogP contribution in [0.3, 0.4) is 0 Å². The van der Waals surface area contributed by atoms with Gasteiger partial charge in [-0.2, -0.15) is 0 Å². The SMILES string of the molecule is CC(C)CC(N)Cc1ccc(C2CC2C)o1. The van der Waals surface area contributed by atoms with Crippen molar-refractivity contribution in [1.82, 2.24) is 0 Å². The molecule has 0 saturated heterocycles. The van der Waals surface area contributed by atoms with Crippen molar-refractivity contribution in [3.63, 3.8) is 0 Å². The summed E-state index contributed by atoms with van der Waals surface area (Å²) >= 11 is 0. The van der Waals surface area contributed by atoms with Crippen molar-refractivity contribution in [2.45, 2.75) is 52.0 Å². The number of nitrogens with two attached hydrogens (primary N) is 1. The Morgan fingerprint density at radius 2 is 2.12 bits per heavy atom. The first-order chi connectivity index (χ1) is 7.56. The van der Waals surface area contributed by atoms with Gasteiger partial charge < -0.3 is 10.2 Å². The highest BCUT2D eigenvalue weighted by Crippen LogP contribution is 2.47. The van der Waals surface area contributed by atoms with Crippen molar-refractivity contribution in [3.8, 4) is 0 Å². The topological polar surface area (TPSA) is 39.2 Å². The summed E-state index contributed by atoms with van der Waals surface area (Å²) in [7, 11) is 0. The highest BCUT2D eigenvalue weighted by Gasteiger charge is 2.36. The predicted molar refractivity (Wildman–Crippen MR) is 66.4 cm³/mol. The van der Waals surface area contributed by atoms with E-state index in [4.69, 9.17) is 10.2 Å². The van der Waals surface area contributed by atoms with E-state index < -0.39 is 0 Å². The van der Waals surface area contributed by atoms with Gasteiger partial charge in [0.15, 0.2) is 0 Å². The van der Waals surface area contributed by atoms with Crippen molar-refractivity contribution in [3.05, 3.63) is 23.7 Å². The minimum Gasteiger partial charge on any atom is -0.466 e. The third kappa shape index (κ3) is 2.88. The molecule has 1 aliphatic rings. The van der Waals surface area contributed by atoms with Crippen molar-refractivity contribution in [1.29, 1.82) is 0 Å². The number of hydrogen-bond donors (Lipinski definition) is 1. The van der Waals surface area contributed by atoms with Gasteiger partial charge in [-0.3, -0.25) is 0 Å². The summed E-state index contributed by atoms with van der Waals surface area (Å²) in [6.45, 7) is 6.69. The second kappa shape index (κ2) is 4.62. The lowest BCUT2D eigenvalue weighted by Gasteiger charge is -2.12. The summed E-state index contributed by atoms with van der Waals surface area (Å²) in [6.07, 6.45) is 3.22. The fourth-order valence-electron chi connectivity index (χ4n) is 2.37. The maximum Gasteiger partial charge on any atom is 0.107 e. The van der Waals surface area contributed by atoms with E-state index >= 15 is 0 Å². The molecular formula is C14H23NO. The van der Waals surface area contributed by atoms with Gasteiger partial charge >= 0.3 is 0 Å². The Balaban J connectivity index is 1.87. The highest BCUT2D eigenvalue weighted by molar-refractivity contribution is 5.18. The number of hydrogen-bond acceptors (Lipinski definition) is 2. The predicted octanol–water partition coefficient (Wildman–Crippen LogP) is 3.32. The van der Waals surface area contributed by atoms with Crippen LogP contribution in [0.1, 0.15) is 51.1 Å². The molecule has 3 atom stereocenters. The molecule has 1 fully saturated rings. The molecule has 2 heteroatoms. The molecule has 0 aliphatic heterocycles. The highest BCUT2D eigenvalue weighted by atomic mass is 16.3.